The minimum Gasteiger partial charge on any atom is -0.290 e. The van der Waals surface area contributed by atoms with E-state index in [2.05, 4.69) is 0 Å². The molecule has 0 amide bonds. The summed E-state index contributed by atoms with van der Waals surface area (Å²) in [5.74, 6) is 1.75. The average Bonchev–Trinajstić information content (AvgIpc) is 2.90. The zero-order chi connectivity index (χ0) is 13.6. The van der Waals surface area contributed by atoms with Gasteiger partial charge in [-0.25, -0.2) is 0 Å². The monoisotopic (exact) mass is 275 g/mol. The fourth-order valence-corrected chi connectivity index (χ4v) is 4.76. The summed E-state index contributed by atoms with van der Waals surface area (Å²) in [6, 6.07) is 0.690. The molecule has 0 spiro atoms. The maximum absolute atomic E-state index is 5.42. The third-order valence-electron chi connectivity index (χ3n) is 5.95. The molecule has 0 heterocycles. The molecule has 0 N–H and O–H groups in total. The number of rotatable bonds is 3. The maximum atomic E-state index is 5.42. The molecular weight excluding hydrogens is 242 g/mol. The smallest absolute Gasteiger partial charge is 0.0499 e. The first-order valence-electron chi connectivity index (χ1n) is 9.51. The highest BCUT2D eigenvalue weighted by atomic mass is 14.8. The van der Waals surface area contributed by atoms with Gasteiger partial charge in [0.1, 0.15) is 0 Å². The highest BCUT2D eigenvalue weighted by Gasteiger charge is 2.29. The first-order valence-corrected chi connectivity index (χ1v) is 9.51. The Hall–Kier alpha value is -0.330. The second-order valence-electron chi connectivity index (χ2n) is 7.52. The molecule has 1 nitrogen and oxygen atoms in total. The van der Waals surface area contributed by atoms with E-state index in [1.165, 1.54) is 96.3 Å². The van der Waals surface area contributed by atoms with Gasteiger partial charge in [0.25, 0.3) is 0 Å². The third kappa shape index (κ3) is 3.86. The van der Waals surface area contributed by atoms with Crippen LogP contribution in [-0.2, 0) is 0 Å². The molecule has 3 aliphatic carbocycles. The summed E-state index contributed by atoms with van der Waals surface area (Å²) in [4.78, 5) is 5.42. The number of hydrogen-bond acceptors (Lipinski definition) is 1. The molecule has 3 aliphatic rings. The van der Waals surface area contributed by atoms with Gasteiger partial charge in [-0.05, 0) is 50.4 Å². The van der Waals surface area contributed by atoms with E-state index in [0.717, 1.165) is 11.8 Å². The number of aliphatic imine (C=N–C) groups is 1. The first kappa shape index (κ1) is 14.6. The summed E-state index contributed by atoms with van der Waals surface area (Å²) in [7, 11) is 0. The molecule has 0 saturated heterocycles. The van der Waals surface area contributed by atoms with E-state index < -0.39 is 0 Å². The Morgan fingerprint density at radius 3 is 1.45 bits per heavy atom. The molecule has 0 aliphatic heterocycles. The summed E-state index contributed by atoms with van der Waals surface area (Å²) in [6.07, 6.45) is 21.6. The zero-order valence-corrected chi connectivity index (χ0v) is 13.3. The highest BCUT2D eigenvalue weighted by Crippen LogP contribution is 2.35. The molecule has 0 aromatic heterocycles. The lowest BCUT2D eigenvalue weighted by atomic mass is 9.80. The van der Waals surface area contributed by atoms with Crippen molar-refractivity contribution in [1.29, 1.82) is 0 Å². The van der Waals surface area contributed by atoms with Crippen molar-refractivity contribution in [2.75, 3.05) is 0 Å². The Labute approximate surface area is 125 Å². The molecule has 0 aromatic carbocycles. The maximum Gasteiger partial charge on any atom is 0.0499 e. The van der Waals surface area contributed by atoms with E-state index in [9.17, 15) is 0 Å². The lowest BCUT2D eigenvalue weighted by Crippen LogP contribution is -2.26. The summed E-state index contributed by atoms with van der Waals surface area (Å²) >= 11 is 0. The molecule has 0 unspecified atom stereocenters. The van der Waals surface area contributed by atoms with E-state index in [0.29, 0.717) is 6.04 Å². The largest absolute Gasteiger partial charge is 0.290 e. The highest BCUT2D eigenvalue weighted by molar-refractivity contribution is 5.89. The van der Waals surface area contributed by atoms with Crippen LogP contribution >= 0.6 is 0 Å². The lowest BCUT2D eigenvalue weighted by Gasteiger charge is -2.28. The van der Waals surface area contributed by atoms with Gasteiger partial charge in [-0.2, -0.15) is 0 Å². The molecule has 0 aromatic rings. The van der Waals surface area contributed by atoms with Crippen LogP contribution in [-0.4, -0.2) is 11.8 Å². The van der Waals surface area contributed by atoms with Crippen molar-refractivity contribution in [2.24, 2.45) is 16.8 Å². The van der Waals surface area contributed by atoms with Gasteiger partial charge in [0.2, 0.25) is 0 Å². The van der Waals surface area contributed by atoms with E-state index in [-0.39, 0.29) is 0 Å². The van der Waals surface area contributed by atoms with Crippen LogP contribution in [0, 0.1) is 11.8 Å². The molecule has 3 rings (SSSR count). The molecule has 20 heavy (non-hydrogen) atoms. The van der Waals surface area contributed by atoms with Crippen LogP contribution in [0.15, 0.2) is 4.99 Å². The van der Waals surface area contributed by atoms with Crippen LogP contribution in [0.2, 0.25) is 0 Å². The average molecular weight is 275 g/mol. The third-order valence-corrected chi connectivity index (χ3v) is 5.95. The van der Waals surface area contributed by atoms with Gasteiger partial charge >= 0.3 is 0 Å². The van der Waals surface area contributed by atoms with Crippen molar-refractivity contribution in [3.63, 3.8) is 0 Å². The standard InChI is InChI=1S/C19H33N/c1-2-7-15-18(14-6-1)20-19(17-12-8-9-13-17)16-10-4-3-5-11-16/h16-18H,1-15H2/b20-19-. The van der Waals surface area contributed by atoms with Crippen LogP contribution in [0.5, 0.6) is 0 Å². The van der Waals surface area contributed by atoms with Crippen molar-refractivity contribution in [1.82, 2.24) is 0 Å². The fourth-order valence-electron chi connectivity index (χ4n) is 4.76. The summed E-state index contributed by atoms with van der Waals surface area (Å²) in [6.45, 7) is 0. The van der Waals surface area contributed by atoms with E-state index in [4.69, 9.17) is 4.99 Å². The molecule has 0 bridgehead atoms. The minimum atomic E-state index is 0.690. The first-order chi connectivity index (χ1) is 9.93. The zero-order valence-electron chi connectivity index (χ0n) is 13.3. The van der Waals surface area contributed by atoms with Crippen molar-refractivity contribution < 1.29 is 0 Å². The SMILES string of the molecule is C1CCCC(/N=C(/C2CCCCC2)C2CCCC2)CC1. The normalized spacial score (nSPS) is 28.7. The lowest BCUT2D eigenvalue weighted by molar-refractivity contribution is 0.420. The molecule has 1 heteroatoms. The molecule has 0 atom stereocenters. The van der Waals surface area contributed by atoms with Crippen LogP contribution in [0.25, 0.3) is 0 Å². The van der Waals surface area contributed by atoms with Gasteiger partial charge in [-0.1, -0.05) is 57.8 Å². The molecule has 3 fully saturated rings. The number of hydrogen-bond donors (Lipinski definition) is 0. The Bertz CT molecular complexity index is 300. The van der Waals surface area contributed by atoms with Gasteiger partial charge < -0.3 is 0 Å². The Morgan fingerprint density at radius 1 is 0.500 bits per heavy atom. The quantitative estimate of drug-likeness (QED) is 0.448. The van der Waals surface area contributed by atoms with Crippen molar-refractivity contribution >= 4 is 5.71 Å². The topological polar surface area (TPSA) is 12.4 Å². The van der Waals surface area contributed by atoms with Crippen LogP contribution in [0.3, 0.4) is 0 Å². The molecule has 114 valence electrons. The van der Waals surface area contributed by atoms with E-state index >= 15 is 0 Å². The minimum absolute atomic E-state index is 0.690. The Kier molecular flexibility index (Phi) is 5.56. The second kappa shape index (κ2) is 7.61. The van der Waals surface area contributed by atoms with Gasteiger partial charge in [0.15, 0.2) is 0 Å². The summed E-state index contributed by atoms with van der Waals surface area (Å²) < 4.78 is 0. The second-order valence-corrected chi connectivity index (χ2v) is 7.52. The van der Waals surface area contributed by atoms with E-state index in [1.807, 2.05) is 0 Å². The van der Waals surface area contributed by atoms with Crippen molar-refractivity contribution in [3.8, 4) is 0 Å². The van der Waals surface area contributed by atoms with Gasteiger partial charge in [-0.3, -0.25) is 4.99 Å². The van der Waals surface area contributed by atoms with Gasteiger partial charge in [0, 0.05) is 11.8 Å². The van der Waals surface area contributed by atoms with Gasteiger partial charge in [-0.15, -0.1) is 0 Å². The van der Waals surface area contributed by atoms with Gasteiger partial charge in [0.05, 0.1) is 0 Å². The number of nitrogens with zero attached hydrogens (tertiary/aromatic N) is 1. The fraction of sp³-hybridized carbons (Fsp3) is 0.947. The Morgan fingerprint density at radius 2 is 0.900 bits per heavy atom. The predicted octanol–water partition coefficient (Wildman–Crippen LogP) is 5.92. The van der Waals surface area contributed by atoms with Crippen molar-refractivity contribution in [2.45, 2.75) is 102 Å². The molecular formula is C19H33N. The van der Waals surface area contributed by atoms with Crippen LogP contribution in [0.1, 0.15) is 96.3 Å². The van der Waals surface area contributed by atoms with Crippen LogP contribution < -0.4 is 0 Å². The van der Waals surface area contributed by atoms with Crippen molar-refractivity contribution in [3.05, 3.63) is 0 Å². The van der Waals surface area contributed by atoms with Crippen LogP contribution in [0.4, 0.5) is 0 Å². The predicted molar refractivity (Wildman–Crippen MR) is 87.5 cm³/mol. The Balaban J connectivity index is 1.72. The summed E-state index contributed by atoms with van der Waals surface area (Å²) in [5, 5.41) is 0. The molecule has 0 radical (unpaired) electrons. The molecule has 3 saturated carbocycles. The summed E-state index contributed by atoms with van der Waals surface area (Å²) in [5.41, 5.74) is 1.70. The van der Waals surface area contributed by atoms with E-state index in [1.54, 1.807) is 5.71 Å².